The van der Waals surface area contributed by atoms with Crippen molar-refractivity contribution in [3.63, 3.8) is 0 Å². The normalized spacial score (nSPS) is 11.4. The van der Waals surface area contributed by atoms with Gasteiger partial charge in [0, 0.05) is 10.7 Å². The van der Waals surface area contributed by atoms with E-state index in [0.717, 1.165) is 10.0 Å². The van der Waals surface area contributed by atoms with Gasteiger partial charge in [-0.2, -0.15) is 0 Å². The summed E-state index contributed by atoms with van der Waals surface area (Å²) in [6, 6.07) is 6.51. The largest absolute Gasteiger partial charge is 0.392 e. The first kappa shape index (κ1) is 15.9. The van der Waals surface area contributed by atoms with E-state index in [1.807, 2.05) is 6.92 Å². The van der Waals surface area contributed by atoms with E-state index in [2.05, 4.69) is 25.6 Å². The highest BCUT2D eigenvalue weighted by Gasteiger charge is 2.19. The van der Waals surface area contributed by atoms with Gasteiger partial charge in [0.05, 0.1) is 11.5 Å². The minimum absolute atomic E-state index is 0.141. The van der Waals surface area contributed by atoms with E-state index in [1.165, 1.54) is 12.3 Å². The minimum atomic E-state index is -3.75. The van der Waals surface area contributed by atoms with Crippen LogP contribution in [-0.4, -0.2) is 18.5 Å². The lowest BCUT2D eigenvalue weighted by Crippen LogP contribution is -2.15. The summed E-state index contributed by atoms with van der Waals surface area (Å²) in [5.41, 5.74) is 2.06. The summed E-state index contributed by atoms with van der Waals surface area (Å²) in [6.45, 7) is 3.35. The van der Waals surface area contributed by atoms with Crippen LogP contribution in [-0.2, 0) is 16.6 Å². The zero-order valence-electron chi connectivity index (χ0n) is 11.6. The zero-order valence-corrected chi connectivity index (χ0v) is 14.0. The van der Waals surface area contributed by atoms with Crippen LogP contribution in [0.4, 0.5) is 5.82 Å². The van der Waals surface area contributed by atoms with Crippen molar-refractivity contribution >= 4 is 31.8 Å². The van der Waals surface area contributed by atoms with Crippen molar-refractivity contribution in [1.29, 1.82) is 0 Å². The molecule has 0 amide bonds. The van der Waals surface area contributed by atoms with Crippen LogP contribution < -0.4 is 4.72 Å². The third kappa shape index (κ3) is 3.61. The van der Waals surface area contributed by atoms with Crippen molar-refractivity contribution in [3.05, 3.63) is 51.6 Å². The first-order valence-electron chi connectivity index (χ1n) is 6.19. The number of benzene rings is 1. The first-order valence-corrected chi connectivity index (χ1v) is 8.46. The number of hydrogen-bond donors (Lipinski definition) is 2. The average Bonchev–Trinajstić information content (AvgIpc) is 2.41. The molecular formula is C14H15BrN2O3S. The Bertz CT molecular complexity index is 759. The number of halogens is 1. The summed E-state index contributed by atoms with van der Waals surface area (Å²) in [6.07, 6.45) is 1.51. The molecule has 0 aliphatic rings. The Morgan fingerprint density at radius 2 is 1.95 bits per heavy atom. The highest BCUT2D eigenvalue weighted by atomic mass is 79.9. The summed E-state index contributed by atoms with van der Waals surface area (Å²) in [4.78, 5) is 4.13. The molecule has 2 N–H and O–H groups in total. The molecule has 0 radical (unpaired) electrons. The summed E-state index contributed by atoms with van der Waals surface area (Å²) in [5.74, 6) is 0.240. The van der Waals surface area contributed by atoms with Crippen LogP contribution in [0.1, 0.15) is 16.7 Å². The second-order valence-corrected chi connectivity index (χ2v) is 7.24. The van der Waals surface area contributed by atoms with E-state index >= 15 is 0 Å². The van der Waals surface area contributed by atoms with Gasteiger partial charge in [0.15, 0.2) is 0 Å². The maximum Gasteiger partial charge on any atom is 0.263 e. The van der Waals surface area contributed by atoms with Crippen LogP contribution in [0.25, 0.3) is 0 Å². The SMILES string of the molecule is Cc1cc(C)c(S(=O)(=O)Nc2ccc(Br)cn2)cc1CO. The van der Waals surface area contributed by atoms with Gasteiger partial charge in [0.2, 0.25) is 0 Å². The lowest BCUT2D eigenvalue weighted by Gasteiger charge is -2.13. The molecule has 0 spiro atoms. The minimum Gasteiger partial charge on any atom is -0.392 e. The van der Waals surface area contributed by atoms with Gasteiger partial charge in [-0.1, -0.05) is 6.07 Å². The number of aliphatic hydroxyl groups is 1. The van der Waals surface area contributed by atoms with Crippen LogP contribution in [0.15, 0.2) is 39.8 Å². The number of hydrogen-bond acceptors (Lipinski definition) is 4. The van der Waals surface area contributed by atoms with Gasteiger partial charge >= 0.3 is 0 Å². The number of pyridine rings is 1. The highest BCUT2D eigenvalue weighted by molar-refractivity contribution is 9.10. The number of anilines is 1. The number of nitrogens with zero attached hydrogens (tertiary/aromatic N) is 1. The van der Waals surface area contributed by atoms with Gasteiger partial charge in [-0.3, -0.25) is 4.72 Å². The van der Waals surface area contributed by atoms with E-state index < -0.39 is 10.0 Å². The molecule has 2 rings (SSSR count). The number of nitrogens with one attached hydrogen (secondary N) is 1. The molecule has 1 aromatic carbocycles. The summed E-state index contributed by atoms with van der Waals surface area (Å²) in [7, 11) is -3.75. The standard InChI is InChI=1S/C14H15BrN2O3S/c1-9-5-10(2)13(6-11(9)8-18)21(19,20)17-14-4-3-12(15)7-16-14/h3-7,18H,8H2,1-2H3,(H,16,17). The van der Waals surface area contributed by atoms with Crippen molar-refractivity contribution in [1.82, 2.24) is 4.98 Å². The molecule has 0 saturated carbocycles. The third-order valence-electron chi connectivity index (χ3n) is 3.06. The van der Waals surface area contributed by atoms with E-state index in [4.69, 9.17) is 0 Å². The Labute approximate surface area is 132 Å². The van der Waals surface area contributed by atoms with Gasteiger partial charge in [-0.15, -0.1) is 0 Å². The van der Waals surface area contributed by atoms with Gasteiger partial charge in [-0.05, 0) is 64.7 Å². The summed E-state index contributed by atoms with van der Waals surface area (Å²) >= 11 is 3.24. The molecule has 112 valence electrons. The molecule has 1 aromatic heterocycles. The fraction of sp³-hybridized carbons (Fsp3) is 0.214. The molecular weight excluding hydrogens is 356 g/mol. The average molecular weight is 371 g/mol. The maximum atomic E-state index is 12.4. The number of aryl methyl sites for hydroxylation is 2. The van der Waals surface area contributed by atoms with Crippen LogP contribution >= 0.6 is 15.9 Å². The quantitative estimate of drug-likeness (QED) is 0.866. The Kier molecular flexibility index (Phi) is 4.65. The molecule has 5 nitrogen and oxygen atoms in total. The first-order chi connectivity index (χ1) is 9.83. The second kappa shape index (κ2) is 6.13. The Hall–Kier alpha value is -1.44. The van der Waals surface area contributed by atoms with Gasteiger partial charge in [0.1, 0.15) is 5.82 Å². The topological polar surface area (TPSA) is 79.3 Å². The van der Waals surface area contributed by atoms with Crippen molar-refractivity contribution in [2.75, 3.05) is 4.72 Å². The molecule has 0 atom stereocenters. The Morgan fingerprint density at radius 3 is 2.52 bits per heavy atom. The molecule has 0 aliphatic heterocycles. The van der Waals surface area contributed by atoms with Gasteiger partial charge in [-0.25, -0.2) is 13.4 Å². The number of sulfonamides is 1. The Balaban J connectivity index is 2.42. The molecule has 2 aromatic rings. The molecule has 0 bridgehead atoms. The van der Waals surface area contributed by atoms with E-state index in [0.29, 0.717) is 11.1 Å². The van der Waals surface area contributed by atoms with Crippen LogP contribution in [0.3, 0.4) is 0 Å². The molecule has 1 heterocycles. The van der Waals surface area contributed by atoms with E-state index in [1.54, 1.807) is 25.1 Å². The van der Waals surface area contributed by atoms with Crippen LogP contribution in [0.5, 0.6) is 0 Å². The number of aromatic nitrogens is 1. The predicted octanol–water partition coefficient (Wildman–Crippen LogP) is 2.75. The lowest BCUT2D eigenvalue weighted by molar-refractivity contribution is 0.280. The van der Waals surface area contributed by atoms with Crippen molar-refractivity contribution in [2.45, 2.75) is 25.3 Å². The highest BCUT2D eigenvalue weighted by Crippen LogP contribution is 2.23. The second-order valence-electron chi connectivity index (χ2n) is 4.67. The Morgan fingerprint density at radius 1 is 1.24 bits per heavy atom. The monoisotopic (exact) mass is 370 g/mol. The van der Waals surface area contributed by atoms with E-state index in [9.17, 15) is 13.5 Å². The van der Waals surface area contributed by atoms with Crippen molar-refractivity contribution in [2.24, 2.45) is 0 Å². The summed E-state index contributed by atoms with van der Waals surface area (Å²) in [5, 5.41) is 9.29. The molecule has 0 fully saturated rings. The van der Waals surface area contributed by atoms with Crippen molar-refractivity contribution in [3.8, 4) is 0 Å². The van der Waals surface area contributed by atoms with Gasteiger partial charge in [0.25, 0.3) is 10.0 Å². The fourth-order valence-electron chi connectivity index (χ4n) is 1.96. The third-order valence-corrected chi connectivity index (χ3v) is 5.03. The molecule has 0 unspecified atom stereocenters. The predicted molar refractivity (Wildman–Crippen MR) is 84.6 cm³/mol. The summed E-state index contributed by atoms with van der Waals surface area (Å²) < 4.78 is 28.1. The van der Waals surface area contributed by atoms with Crippen LogP contribution in [0.2, 0.25) is 0 Å². The smallest absolute Gasteiger partial charge is 0.263 e. The number of aliphatic hydroxyl groups excluding tert-OH is 1. The fourth-order valence-corrected chi connectivity index (χ4v) is 3.48. The molecule has 21 heavy (non-hydrogen) atoms. The lowest BCUT2D eigenvalue weighted by atomic mass is 10.1. The molecule has 0 saturated heterocycles. The molecule has 7 heteroatoms. The van der Waals surface area contributed by atoms with E-state index in [-0.39, 0.29) is 17.3 Å². The van der Waals surface area contributed by atoms with Crippen molar-refractivity contribution < 1.29 is 13.5 Å². The zero-order chi connectivity index (χ0) is 15.6. The maximum absolute atomic E-state index is 12.4. The molecule has 0 aliphatic carbocycles. The van der Waals surface area contributed by atoms with Crippen LogP contribution in [0, 0.1) is 13.8 Å². The van der Waals surface area contributed by atoms with Gasteiger partial charge < -0.3 is 5.11 Å². The number of rotatable bonds is 4.